The Morgan fingerprint density at radius 2 is 1.60 bits per heavy atom. The van der Waals surface area contributed by atoms with Gasteiger partial charge in [-0.2, -0.15) is 0 Å². The molecule has 0 bridgehead atoms. The first kappa shape index (κ1) is 13.9. The summed E-state index contributed by atoms with van der Waals surface area (Å²) in [7, 11) is 0. The smallest absolute Gasteiger partial charge is 0.251 e. The second kappa shape index (κ2) is 7.81. The maximum atomic E-state index is 11.8. The molecule has 20 heavy (non-hydrogen) atoms. The molecule has 1 N–H and O–H groups in total. The Kier molecular flexibility index (Phi) is 5.42. The number of amides is 1. The van der Waals surface area contributed by atoms with Crippen LogP contribution in [0.15, 0.2) is 60.7 Å². The van der Waals surface area contributed by atoms with E-state index in [2.05, 4.69) is 17.2 Å². The largest absolute Gasteiger partial charge is 0.352 e. The lowest BCUT2D eigenvalue weighted by Gasteiger charge is -2.03. The van der Waals surface area contributed by atoms with Crippen LogP contribution in [0, 0.1) is 11.8 Å². The molecule has 0 heterocycles. The van der Waals surface area contributed by atoms with Crippen LogP contribution < -0.4 is 5.32 Å². The fourth-order valence-electron chi connectivity index (χ4n) is 1.76. The van der Waals surface area contributed by atoms with Crippen LogP contribution >= 0.6 is 0 Å². The second-order valence-electron chi connectivity index (χ2n) is 4.39. The highest BCUT2D eigenvalue weighted by molar-refractivity contribution is 5.94. The van der Waals surface area contributed by atoms with Gasteiger partial charge in [0, 0.05) is 24.1 Å². The van der Waals surface area contributed by atoms with Gasteiger partial charge < -0.3 is 5.32 Å². The lowest BCUT2D eigenvalue weighted by atomic mass is 10.2. The van der Waals surface area contributed by atoms with Crippen LogP contribution in [-0.4, -0.2) is 12.5 Å². The molecule has 2 aromatic rings. The molecular weight excluding hydrogens is 246 g/mol. The highest BCUT2D eigenvalue weighted by Crippen LogP contribution is 1.98. The summed E-state index contributed by atoms with van der Waals surface area (Å²) < 4.78 is 0. The minimum atomic E-state index is -0.0263. The minimum absolute atomic E-state index is 0.0263. The summed E-state index contributed by atoms with van der Waals surface area (Å²) >= 11 is 0. The summed E-state index contributed by atoms with van der Waals surface area (Å²) in [5.41, 5.74) is 1.73. The maximum Gasteiger partial charge on any atom is 0.251 e. The summed E-state index contributed by atoms with van der Waals surface area (Å²) in [6, 6.07) is 19.2. The van der Waals surface area contributed by atoms with Gasteiger partial charge in [-0.1, -0.05) is 48.2 Å². The molecule has 0 aliphatic carbocycles. The quantitative estimate of drug-likeness (QED) is 0.666. The SMILES string of the molecule is O=C(NCCCC#Cc1ccccc1)c1ccccc1. The van der Waals surface area contributed by atoms with Gasteiger partial charge in [0.2, 0.25) is 0 Å². The number of hydrogen-bond acceptors (Lipinski definition) is 1. The molecule has 0 fully saturated rings. The van der Waals surface area contributed by atoms with Crippen molar-refractivity contribution < 1.29 is 4.79 Å². The fraction of sp³-hybridized carbons (Fsp3) is 0.167. The Morgan fingerprint density at radius 1 is 0.950 bits per heavy atom. The third-order valence-corrected chi connectivity index (χ3v) is 2.81. The van der Waals surface area contributed by atoms with Gasteiger partial charge in [-0.15, -0.1) is 0 Å². The third-order valence-electron chi connectivity index (χ3n) is 2.81. The fourth-order valence-corrected chi connectivity index (χ4v) is 1.76. The Balaban J connectivity index is 1.68. The van der Waals surface area contributed by atoms with Crippen molar-refractivity contribution in [3.8, 4) is 11.8 Å². The van der Waals surface area contributed by atoms with Gasteiger partial charge in [0.15, 0.2) is 0 Å². The molecule has 0 radical (unpaired) electrons. The predicted octanol–water partition coefficient (Wildman–Crippen LogP) is 3.25. The van der Waals surface area contributed by atoms with Crippen LogP contribution in [0.25, 0.3) is 0 Å². The van der Waals surface area contributed by atoms with Crippen molar-refractivity contribution in [3.05, 3.63) is 71.8 Å². The molecule has 2 aromatic carbocycles. The molecule has 1 amide bonds. The van der Waals surface area contributed by atoms with Crippen LogP contribution in [0.3, 0.4) is 0 Å². The maximum absolute atomic E-state index is 11.8. The molecular formula is C18H17NO. The van der Waals surface area contributed by atoms with E-state index in [1.165, 1.54) is 0 Å². The average molecular weight is 263 g/mol. The molecule has 0 saturated heterocycles. The van der Waals surface area contributed by atoms with Crippen molar-refractivity contribution in [1.29, 1.82) is 0 Å². The van der Waals surface area contributed by atoms with Gasteiger partial charge in [-0.3, -0.25) is 4.79 Å². The zero-order chi connectivity index (χ0) is 14.0. The molecule has 0 aliphatic rings. The van der Waals surface area contributed by atoms with E-state index >= 15 is 0 Å². The van der Waals surface area contributed by atoms with E-state index < -0.39 is 0 Å². The third kappa shape index (κ3) is 4.62. The Hall–Kier alpha value is -2.53. The molecule has 0 aromatic heterocycles. The van der Waals surface area contributed by atoms with E-state index in [0.29, 0.717) is 12.1 Å². The number of rotatable bonds is 4. The molecule has 0 atom stereocenters. The van der Waals surface area contributed by atoms with Crippen LogP contribution in [0.1, 0.15) is 28.8 Å². The summed E-state index contributed by atoms with van der Waals surface area (Å²) in [5.74, 6) is 6.19. The van der Waals surface area contributed by atoms with E-state index in [1.54, 1.807) is 0 Å². The lowest BCUT2D eigenvalue weighted by Crippen LogP contribution is -2.24. The first-order valence-electron chi connectivity index (χ1n) is 6.73. The summed E-state index contributed by atoms with van der Waals surface area (Å²) in [6.45, 7) is 0.650. The zero-order valence-corrected chi connectivity index (χ0v) is 11.3. The van der Waals surface area contributed by atoms with E-state index in [0.717, 1.165) is 18.4 Å². The van der Waals surface area contributed by atoms with Crippen LogP contribution in [0.2, 0.25) is 0 Å². The summed E-state index contributed by atoms with van der Waals surface area (Å²) in [5, 5.41) is 2.89. The van der Waals surface area contributed by atoms with Crippen molar-refractivity contribution in [2.45, 2.75) is 12.8 Å². The molecule has 2 nitrogen and oxygen atoms in total. The van der Waals surface area contributed by atoms with Gasteiger partial charge >= 0.3 is 0 Å². The Labute approximate surface area is 119 Å². The second-order valence-corrected chi connectivity index (χ2v) is 4.39. The van der Waals surface area contributed by atoms with Crippen molar-refractivity contribution in [3.63, 3.8) is 0 Å². The van der Waals surface area contributed by atoms with E-state index in [1.807, 2.05) is 60.7 Å². The highest BCUT2D eigenvalue weighted by atomic mass is 16.1. The van der Waals surface area contributed by atoms with Crippen LogP contribution in [-0.2, 0) is 0 Å². The molecule has 0 aliphatic heterocycles. The van der Waals surface area contributed by atoms with Gasteiger partial charge in [-0.25, -0.2) is 0 Å². The standard InChI is InChI=1S/C18H17NO/c20-18(17-13-7-2-8-14-17)19-15-9-3-6-12-16-10-4-1-5-11-16/h1-2,4-5,7-8,10-11,13-14H,3,9,15H2,(H,19,20). The molecule has 0 unspecified atom stereocenters. The first-order chi connectivity index (χ1) is 9.86. The van der Waals surface area contributed by atoms with Gasteiger partial charge in [0.05, 0.1) is 0 Å². The van der Waals surface area contributed by atoms with Crippen molar-refractivity contribution in [1.82, 2.24) is 5.32 Å². The molecule has 2 heteroatoms. The topological polar surface area (TPSA) is 29.1 Å². The van der Waals surface area contributed by atoms with Crippen LogP contribution in [0.5, 0.6) is 0 Å². The van der Waals surface area contributed by atoms with E-state index in [-0.39, 0.29) is 5.91 Å². The number of benzene rings is 2. The van der Waals surface area contributed by atoms with E-state index in [4.69, 9.17) is 0 Å². The number of unbranched alkanes of at least 4 members (excludes halogenated alkanes) is 1. The minimum Gasteiger partial charge on any atom is -0.352 e. The van der Waals surface area contributed by atoms with Gasteiger partial charge in [0.25, 0.3) is 5.91 Å². The van der Waals surface area contributed by atoms with Crippen molar-refractivity contribution in [2.75, 3.05) is 6.54 Å². The summed E-state index contributed by atoms with van der Waals surface area (Å²) in [6.07, 6.45) is 1.64. The molecule has 0 saturated carbocycles. The van der Waals surface area contributed by atoms with Gasteiger partial charge in [0.1, 0.15) is 0 Å². The molecule has 100 valence electrons. The first-order valence-corrected chi connectivity index (χ1v) is 6.73. The lowest BCUT2D eigenvalue weighted by molar-refractivity contribution is 0.0953. The Morgan fingerprint density at radius 3 is 2.30 bits per heavy atom. The predicted molar refractivity (Wildman–Crippen MR) is 81.3 cm³/mol. The normalized spacial score (nSPS) is 9.40. The molecule has 2 rings (SSSR count). The zero-order valence-electron chi connectivity index (χ0n) is 11.3. The van der Waals surface area contributed by atoms with Crippen molar-refractivity contribution in [2.24, 2.45) is 0 Å². The highest BCUT2D eigenvalue weighted by Gasteiger charge is 2.01. The number of nitrogens with one attached hydrogen (secondary N) is 1. The number of carbonyl (C=O) groups excluding carboxylic acids is 1. The number of carbonyl (C=O) groups is 1. The Bertz CT molecular complexity index is 594. The number of hydrogen-bond donors (Lipinski definition) is 1. The van der Waals surface area contributed by atoms with Crippen LogP contribution in [0.4, 0.5) is 0 Å². The average Bonchev–Trinajstić information content (AvgIpc) is 2.52. The monoisotopic (exact) mass is 263 g/mol. The van der Waals surface area contributed by atoms with Gasteiger partial charge in [-0.05, 0) is 30.7 Å². The van der Waals surface area contributed by atoms with E-state index in [9.17, 15) is 4.79 Å². The summed E-state index contributed by atoms with van der Waals surface area (Å²) in [4.78, 5) is 11.8. The van der Waals surface area contributed by atoms with Crippen molar-refractivity contribution >= 4 is 5.91 Å². The molecule has 0 spiro atoms.